The van der Waals surface area contributed by atoms with Gasteiger partial charge in [0.15, 0.2) is 11.5 Å². The number of fused-ring (bicyclic) bond motifs is 1. The molecule has 5 rings (SSSR count). The summed E-state index contributed by atoms with van der Waals surface area (Å²) in [6.07, 6.45) is 0. The number of carbonyl (C=O) groups excluding carboxylic acids is 2. The van der Waals surface area contributed by atoms with Gasteiger partial charge in [0.25, 0.3) is 11.7 Å². The lowest BCUT2D eigenvalue weighted by atomic mass is 9.94. The maximum Gasteiger partial charge on any atom is 0.300 e. The number of hydrogen-bond donors (Lipinski definition) is 1. The molecule has 3 aromatic carbocycles. The molecule has 1 unspecified atom stereocenters. The van der Waals surface area contributed by atoms with Gasteiger partial charge in [-0.2, -0.15) is 0 Å². The second kappa shape index (κ2) is 10.3. The van der Waals surface area contributed by atoms with E-state index < -0.39 is 40.8 Å². The topological polar surface area (TPSA) is 88.5 Å². The van der Waals surface area contributed by atoms with Gasteiger partial charge in [-0.3, -0.25) is 14.5 Å². The number of ether oxygens (including phenoxy) is 3. The van der Waals surface area contributed by atoms with E-state index in [4.69, 9.17) is 14.2 Å². The van der Waals surface area contributed by atoms with Gasteiger partial charge < -0.3 is 24.2 Å². The van der Waals surface area contributed by atoms with Crippen molar-refractivity contribution in [1.82, 2.24) is 0 Å². The molecule has 0 radical (unpaired) electrons. The van der Waals surface area contributed by atoms with Crippen molar-refractivity contribution in [2.24, 2.45) is 0 Å². The van der Waals surface area contributed by atoms with Crippen LogP contribution in [0.1, 0.15) is 24.1 Å². The molecule has 1 atom stereocenters. The SMILES string of the molecule is CCOc1cc(C2/C(=C(\O)c3ccc4c(c3)N(C)CCO4)C(=O)C(=O)N2c2cc(F)ccc2F)ccc1OC. The number of halogens is 2. The smallest absolute Gasteiger partial charge is 0.300 e. The first kappa shape index (κ1) is 26.0. The summed E-state index contributed by atoms with van der Waals surface area (Å²) >= 11 is 0. The summed E-state index contributed by atoms with van der Waals surface area (Å²) in [6, 6.07) is 10.9. The molecule has 10 heteroatoms. The average Bonchev–Trinajstić information content (AvgIpc) is 3.19. The van der Waals surface area contributed by atoms with Crippen LogP contribution in [0.15, 0.2) is 60.2 Å². The van der Waals surface area contributed by atoms with Crippen LogP contribution in [0.4, 0.5) is 20.2 Å². The molecule has 2 aliphatic rings. The van der Waals surface area contributed by atoms with Crippen molar-refractivity contribution in [2.75, 3.05) is 43.7 Å². The number of benzene rings is 3. The van der Waals surface area contributed by atoms with Crippen molar-refractivity contribution in [1.29, 1.82) is 0 Å². The number of Topliss-reactive ketones (excluding diaryl/α,β-unsaturated/α-hetero) is 1. The number of likely N-dealkylation sites (N-methyl/N-ethyl adjacent to an activating group) is 1. The second-order valence-corrected chi connectivity index (χ2v) is 9.06. The van der Waals surface area contributed by atoms with Crippen LogP contribution >= 0.6 is 0 Å². The second-order valence-electron chi connectivity index (χ2n) is 9.06. The number of methoxy groups -OCH3 is 1. The van der Waals surface area contributed by atoms with E-state index in [9.17, 15) is 23.5 Å². The van der Waals surface area contributed by atoms with Gasteiger partial charge in [0, 0.05) is 18.7 Å². The normalized spacial score (nSPS) is 18.1. The Bertz CT molecular complexity index is 1510. The summed E-state index contributed by atoms with van der Waals surface area (Å²) in [5, 5.41) is 11.5. The number of rotatable bonds is 6. The number of amides is 1. The fraction of sp³-hybridized carbons (Fsp3) is 0.241. The molecule has 0 saturated carbocycles. The largest absolute Gasteiger partial charge is 0.507 e. The number of anilines is 2. The number of nitrogens with zero attached hydrogens (tertiary/aromatic N) is 2. The van der Waals surface area contributed by atoms with E-state index in [1.165, 1.54) is 7.11 Å². The highest BCUT2D eigenvalue weighted by molar-refractivity contribution is 6.51. The first-order chi connectivity index (χ1) is 18.7. The van der Waals surface area contributed by atoms with Crippen molar-refractivity contribution in [3.05, 3.63) is 82.9 Å². The monoisotopic (exact) mass is 536 g/mol. The van der Waals surface area contributed by atoms with E-state index in [0.29, 0.717) is 48.3 Å². The van der Waals surface area contributed by atoms with Crippen molar-refractivity contribution in [3.63, 3.8) is 0 Å². The standard InChI is InChI=1S/C29H26F2N2O6/c1-4-38-24-14-16(5-10-23(24)37-3)26-25(27(34)17-6-9-22-21(13-17)32(2)11-12-39-22)28(35)29(36)33(26)20-15-18(30)7-8-19(20)31/h5-10,13-15,26,34H,4,11-12H2,1-3H3/b27-25+. The van der Waals surface area contributed by atoms with Crippen molar-refractivity contribution in [2.45, 2.75) is 13.0 Å². The first-order valence-electron chi connectivity index (χ1n) is 12.3. The molecule has 1 N–H and O–H groups in total. The third-order valence-corrected chi connectivity index (χ3v) is 6.74. The van der Waals surface area contributed by atoms with Gasteiger partial charge in [-0.05, 0) is 55.0 Å². The highest BCUT2D eigenvalue weighted by Gasteiger charge is 2.48. The molecule has 2 heterocycles. The van der Waals surface area contributed by atoms with E-state index in [1.54, 1.807) is 43.3 Å². The summed E-state index contributed by atoms with van der Waals surface area (Å²) in [5.74, 6) is -3.01. The first-order valence-corrected chi connectivity index (χ1v) is 12.3. The lowest BCUT2D eigenvalue weighted by molar-refractivity contribution is -0.132. The van der Waals surface area contributed by atoms with Gasteiger partial charge in [-0.15, -0.1) is 0 Å². The minimum Gasteiger partial charge on any atom is -0.507 e. The Balaban J connectivity index is 1.74. The Labute approximate surface area is 223 Å². The lowest BCUT2D eigenvalue weighted by Gasteiger charge is -2.28. The highest BCUT2D eigenvalue weighted by atomic mass is 19.1. The van der Waals surface area contributed by atoms with Gasteiger partial charge >= 0.3 is 0 Å². The summed E-state index contributed by atoms with van der Waals surface area (Å²) < 4.78 is 45.9. The zero-order valence-electron chi connectivity index (χ0n) is 21.5. The van der Waals surface area contributed by atoms with Gasteiger partial charge in [-0.25, -0.2) is 8.78 Å². The molecule has 0 aromatic heterocycles. The zero-order valence-corrected chi connectivity index (χ0v) is 21.5. The number of carbonyl (C=O) groups is 2. The molecule has 8 nitrogen and oxygen atoms in total. The van der Waals surface area contributed by atoms with Gasteiger partial charge in [0.2, 0.25) is 0 Å². The molecule has 1 amide bonds. The van der Waals surface area contributed by atoms with E-state index >= 15 is 0 Å². The van der Waals surface area contributed by atoms with E-state index in [-0.39, 0.29) is 11.1 Å². The van der Waals surface area contributed by atoms with Gasteiger partial charge in [0.05, 0.1) is 43.3 Å². The molecule has 2 aliphatic heterocycles. The molecule has 1 fully saturated rings. The number of aliphatic hydroxyl groups is 1. The summed E-state index contributed by atoms with van der Waals surface area (Å²) in [7, 11) is 3.33. The molecule has 1 saturated heterocycles. The molecule has 0 spiro atoms. The fourth-order valence-corrected chi connectivity index (χ4v) is 4.85. The highest BCUT2D eigenvalue weighted by Crippen LogP contribution is 2.45. The third kappa shape index (κ3) is 4.52. The average molecular weight is 537 g/mol. The fourth-order valence-electron chi connectivity index (χ4n) is 4.85. The van der Waals surface area contributed by atoms with E-state index in [0.717, 1.165) is 23.1 Å². The number of hydrogen-bond acceptors (Lipinski definition) is 7. The molecular formula is C29H26F2N2O6. The lowest BCUT2D eigenvalue weighted by Crippen LogP contribution is -2.30. The maximum atomic E-state index is 15.0. The number of aliphatic hydroxyl groups excluding tert-OH is 1. The van der Waals surface area contributed by atoms with Crippen molar-refractivity contribution in [3.8, 4) is 17.2 Å². The Hall–Kier alpha value is -4.60. The van der Waals surface area contributed by atoms with E-state index in [1.807, 2.05) is 11.9 Å². The Kier molecular flexibility index (Phi) is 6.86. The van der Waals surface area contributed by atoms with E-state index in [2.05, 4.69) is 0 Å². The predicted molar refractivity (Wildman–Crippen MR) is 141 cm³/mol. The predicted octanol–water partition coefficient (Wildman–Crippen LogP) is 4.83. The van der Waals surface area contributed by atoms with Crippen molar-refractivity contribution >= 4 is 28.8 Å². The zero-order chi connectivity index (χ0) is 27.8. The Morgan fingerprint density at radius 3 is 2.59 bits per heavy atom. The molecule has 3 aromatic rings. The molecule has 202 valence electrons. The van der Waals surface area contributed by atoms with Crippen LogP contribution in [-0.4, -0.2) is 50.7 Å². The third-order valence-electron chi connectivity index (χ3n) is 6.74. The molecular weight excluding hydrogens is 510 g/mol. The van der Waals surface area contributed by atoms with Crippen LogP contribution in [0.25, 0.3) is 5.76 Å². The molecule has 0 aliphatic carbocycles. The molecule has 39 heavy (non-hydrogen) atoms. The summed E-state index contributed by atoms with van der Waals surface area (Å²) in [5.41, 5.74) is 0.550. The van der Waals surface area contributed by atoms with Crippen LogP contribution in [0.5, 0.6) is 17.2 Å². The summed E-state index contributed by atoms with van der Waals surface area (Å²) in [4.78, 5) is 29.6. The van der Waals surface area contributed by atoms with Crippen LogP contribution in [0.2, 0.25) is 0 Å². The quantitative estimate of drug-likeness (QED) is 0.274. The Morgan fingerprint density at radius 1 is 1.05 bits per heavy atom. The van der Waals surface area contributed by atoms with Crippen LogP contribution in [0.3, 0.4) is 0 Å². The van der Waals surface area contributed by atoms with Crippen LogP contribution in [0, 0.1) is 11.6 Å². The number of ketones is 1. The maximum absolute atomic E-state index is 15.0. The van der Waals surface area contributed by atoms with Crippen molar-refractivity contribution < 1.29 is 37.7 Å². The minimum atomic E-state index is -1.29. The van der Waals surface area contributed by atoms with Gasteiger partial charge in [0.1, 0.15) is 29.8 Å². The van der Waals surface area contributed by atoms with Crippen LogP contribution in [-0.2, 0) is 9.59 Å². The van der Waals surface area contributed by atoms with Crippen LogP contribution < -0.4 is 24.0 Å². The molecule has 0 bridgehead atoms. The minimum absolute atomic E-state index is 0.257. The Morgan fingerprint density at radius 2 is 1.85 bits per heavy atom. The van der Waals surface area contributed by atoms with Gasteiger partial charge in [-0.1, -0.05) is 6.07 Å². The summed E-state index contributed by atoms with van der Waals surface area (Å²) in [6.45, 7) is 3.19.